The molecule has 1 heterocycles. The summed E-state index contributed by atoms with van der Waals surface area (Å²) in [5, 5.41) is 0. The Balaban J connectivity index is 1.89. The molecule has 5 heteroatoms. The molecule has 21 heavy (non-hydrogen) atoms. The van der Waals surface area contributed by atoms with E-state index in [4.69, 9.17) is 17.0 Å². The summed E-state index contributed by atoms with van der Waals surface area (Å²) in [6, 6.07) is 10.3. The van der Waals surface area contributed by atoms with Crippen molar-refractivity contribution >= 4 is 34.3 Å². The Morgan fingerprint density at radius 1 is 1.48 bits per heavy atom. The molecule has 0 aliphatic carbocycles. The summed E-state index contributed by atoms with van der Waals surface area (Å²) in [5.74, 6) is 1.44. The van der Waals surface area contributed by atoms with Crippen LogP contribution in [0, 0.1) is 5.92 Å². The van der Waals surface area contributed by atoms with Crippen LogP contribution >= 0.6 is 24.0 Å². The Hall–Kier alpha value is -1.07. The zero-order valence-corrected chi connectivity index (χ0v) is 14.1. The zero-order chi connectivity index (χ0) is 15.2. The molecule has 0 bridgehead atoms. The minimum absolute atomic E-state index is 0.132. The Morgan fingerprint density at radius 3 is 2.86 bits per heavy atom. The van der Waals surface area contributed by atoms with Crippen LogP contribution in [0.2, 0.25) is 0 Å². The van der Waals surface area contributed by atoms with Crippen LogP contribution in [0.1, 0.15) is 31.9 Å². The highest BCUT2D eigenvalue weighted by Crippen LogP contribution is 2.30. The summed E-state index contributed by atoms with van der Waals surface area (Å²) in [6.07, 6.45) is 0.610. The molecule has 2 atom stereocenters. The van der Waals surface area contributed by atoms with Gasteiger partial charge in [-0.25, -0.2) is 0 Å². The van der Waals surface area contributed by atoms with E-state index in [1.165, 1.54) is 5.56 Å². The molecule has 0 radical (unpaired) electrons. The molecular formula is C16H21NO2S2. The van der Waals surface area contributed by atoms with E-state index in [1.54, 1.807) is 11.8 Å². The first-order valence-electron chi connectivity index (χ1n) is 7.25. The lowest BCUT2D eigenvalue weighted by molar-refractivity contribution is -0.129. The molecule has 1 saturated heterocycles. The lowest BCUT2D eigenvalue weighted by Crippen LogP contribution is -2.28. The zero-order valence-electron chi connectivity index (χ0n) is 12.5. The number of carbonyl (C=O) groups is 1. The van der Waals surface area contributed by atoms with Crippen LogP contribution in [0.5, 0.6) is 0 Å². The van der Waals surface area contributed by atoms with Gasteiger partial charge in [-0.15, -0.1) is 0 Å². The van der Waals surface area contributed by atoms with Gasteiger partial charge in [0.15, 0.2) is 0 Å². The van der Waals surface area contributed by atoms with Gasteiger partial charge in [-0.2, -0.15) is 0 Å². The van der Waals surface area contributed by atoms with Crippen LogP contribution in [-0.2, 0) is 9.53 Å². The number of thioether (sulfide) groups is 1. The molecule has 2 rings (SSSR count). The predicted octanol–water partition coefficient (Wildman–Crippen LogP) is 3.65. The van der Waals surface area contributed by atoms with Gasteiger partial charge >= 0.3 is 0 Å². The van der Waals surface area contributed by atoms with Crippen LogP contribution in [0.3, 0.4) is 0 Å². The van der Waals surface area contributed by atoms with E-state index in [0.717, 1.165) is 12.3 Å². The fourth-order valence-electron chi connectivity index (χ4n) is 2.55. The van der Waals surface area contributed by atoms with Gasteiger partial charge in [-0.1, -0.05) is 42.1 Å². The van der Waals surface area contributed by atoms with Crippen molar-refractivity contribution in [2.45, 2.75) is 26.3 Å². The average Bonchev–Trinajstić information content (AvgIpc) is 2.87. The summed E-state index contributed by atoms with van der Waals surface area (Å²) >= 11 is 6.66. The van der Waals surface area contributed by atoms with E-state index < -0.39 is 0 Å². The number of amides is 1. The van der Waals surface area contributed by atoms with Gasteiger partial charge in [-0.05, 0) is 37.5 Å². The molecule has 1 amide bonds. The molecule has 0 unspecified atom stereocenters. The maximum absolute atomic E-state index is 12.2. The molecule has 1 aliphatic rings. The fraction of sp³-hybridized carbons (Fsp3) is 0.500. The van der Waals surface area contributed by atoms with Gasteiger partial charge < -0.3 is 9.64 Å². The van der Waals surface area contributed by atoms with Crippen molar-refractivity contribution in [1.29, 1.82) is 0 Å². The van der Waals surface area contributed by atoms with Crippen LogP contribution in [-0.4, -0.2) is 34.1 Å². The topological polar surface area (TPSA) is 29.5 Å². The minimum atomic E-state index is 0.132. The van der Waals surface area contributed by atoms with Crippen LogP contribution in [0.15, 0.2) is 30.3 Å². The number of likely N-dealkylation sites (tertiary alicyclic amines) is 1. The van der Waals surface area contributed by atoms with Crippen molar-refractivity contribution in [3.05, 3.63) is 35.9 Å². The van der Waals surface area contributed by atoms with Gasteiger partial charge in [0, 0.05) is 18.7 Å². The number of carbonyl (C=O) groups excluding carboxylic acids is 1. The maximum Gasteiger partial charge on any atom is 0.223 e. The average molecular weight is 323 g/mol. The lowest BCUT2D eigenvalue weighted by atomic mass is 10.1. The van der Waals surface area contributed by atoms with Crippen molar-refractivity contribution in [1.82, 2.24) is 4.90 Å². The Bertz CT molecular complexity index is 492. The molecular weight excluding hydrogens is 302 g/mol. The quantitative estimate of drug-likeness (QED) is 0.774. The highest BCUT2D eigenvalue weighted by molar-refractivity contribution is 8.22. The first kappa shape index (κ1) is 16.3. The maximum atomic E-state index is 12.2. The van der Waals surface area contributed by atoms with Crippen LogP contribution < -0.4 is 0 Å². The second-order valence-corrected chi connectivity index (χ2v) is 6.82. The summed E-state index contributed by atoms with van der Waals surface area (Å²) < 4.78 is 5.85. The fourth-order valence-corrected chi connectivity index (χ4v) is 3.67. The largest absolute Gasteiger partial charge is 0.479 e. The van der Waals surface area contributed by atoms with Gasteiger partial charge in [0.2, 0.25) is 10.3 Å². The Kier molecular flexibility index (Phi) is 6.06. The number of hydrogen-bond acceptors (Lipinski definition) is 4. The van der Waals surface area contributed by atoms with Gasteiger partial charge in [-0.3, -0.25) is 4.79 Å². The third kappa shape index (κ3) is 4.45. The first-order chi connectivity index (χ1) is 10.1. The van der Waals surface area contributed by atoms with Gasteiger partial charge in [0.1, 0.15) is 0 Å². The summed E-state index contributed by atoms with van der Waals surface area (Å²) in [4.78, 5) is 14.2. The van der Waals surface area contributed by atoms with E-state index in [9.17, 15) is 4.79 Å². The molecule has 3 nitrogen and oxygen atoms in total. The molecule has 0 aromatic heterocycles. The first-order valence-corrected chi connectivity index (χ1v) is 8.65. The highest BCUT2D eigenvalue weighted by Gasteiger charge is 2.33. The summed E-state index contributed by atoms with van der Waals surface area (Å²) in [5.41, 5.74) is 1.18. The van der Waals surface area contributed by atoms with Crippen LogP contribution in [0.4, 0.5) is 0 Å². The standard InChI is InChI=1S/C16H21NO2S2/c1-3-19-16(20)21-11-13-9-15(18)17(10-13)12(2)14-7-5-4-6-8-14/h4-8,12-13H,3,9-11H2,1-2H3/t12-,13+/m0/s1. The van der Waals surface area contributed by atoms with Crippen molar-refractivity contribution in [2.75, 3.05) is 18.9 Å². The number of nitrogens with zero attached hydrogens (tertiary/aromatic N) is 1. The number of ether oxygens (including phenoxy) is 1. The predicted molar refractivity (Wildman–Crippen MR) is 91.4 cm³/mol. The monoisotopic (exact) mass is 323 g/mol. The van der Waals surface area contributed by atoms with Gasteiger partial charge in [0.25, 0.3) is 0 Å². The van der Waals surface area contributed by atoms with E-state index in [-0.39, 0.29) is 11.9 Å². The highest BCUT2D eigenvalue weighted by atomic mass is 32.2. The summed E-state index contributed by atoms with van der Waals surface area (Å²) in [7, 11) is 0. The molecule has 114 valence electrons. The lowest BCUT2D eigenvalue weighted by Gasteiger charge is -2.25. The molecule has 0 saturated carbocycles. The van der Waals surface area contributed by atoms with Crippen molar-refractivity contribution in [3.63, 3.8) is 0 Å². The molecule has 1 fully saturated rings. The summed E-state index contributed by atoms with van der Waals surface area (Å²) in [6.45, 7) is 5.42. The number of rotatable bonds is 5. The molecule has 1 aliphatic heterocycles. The second kappa shape index (κ2) is 7.80. The number of thiocarbonyl (C=S) groups is 1. The molecule has 1 aromatic rings. The third-order valence-corrected chi connectivity index (χ3v) is 5.15. The Morgan fingerprint density at radius 2 is 2.19 bits per heavy atom. The smallest absolute Gasteiger partial charge is 0.223 e. The van der Waals surface area contributed by atoms with Crippen molar-refractivity contribution in [3.8, 4) is 0 Å². The number of hydrogen-bond donors (Lipinski definition) is 0. The normalized spacial score (nSPS) is 19.6. The van der Waals surface area contributed by atoms with E-state index in [1.807, 2.05) is 30.0 Å². The van der Waals surface area contributed by atoms with Crippen LogP contribution in [0.25, 0.3) is 0 Å². The van der Waals surface area contributed by atoms with E-state index in [2.05, 4.69) is 19.1 Å². The van der Waals surface area contributed by atoms with E-state index in [0.29, 0.717) is 23.3 Å². The number of benzene rings is 1. The molecule has 1 aromatic carbocycles. The minimum Gasteiger partial charge on any atom is -0.479 e. The second-order valence-electron chi connectivity index (χ2n) is 5.20. The molecule has 0 N–H and O–H groups in total. The molecule has 0 spiro atoms. The SMILES string of the molecule is CCOC(=S)SC[C@@H]1CC(=O)N([C@@H](C)c2ccccc2)C1. The third-order valence-electron chi connectivity index (χ3n) is 3.69. The van der Waals surface area contributed by atoms with Gasteiger partial charge in [0.05, 0.1) is 12.6 Å². The van der Waals surface area contributed by atoms with Crippen molar-refractivity contribution in [2.24, 2.45) is 5.92 Å². The Labute approximate surface area is 136 Å². The van der Waals surface area contributed by atoms with Crippen molar-refractivity contribution < 1.29 is 9.53 Å². The van der Waals surface area contributed by atoms with E-state index >= 15 is 0 Å².